The van der Waals surface area contributed by atoms with Gasteiger partial charge in [0.05, 0.1) is 13.2 Å². The average Bonchev–Trinajstić information content (AvgIpc) is 3.37. The molecule has 0 radical (unpaired) electrons. The number of hydrogen-bond donors (Lipinski definition) is 1. The number of amides is 1. The molecule has 1 aliphatic heterocycles. The van der Waals surface area contributed by atoms with Crippen molar-refractivity contribution in [3.05, 3.63) is 83.4 Å². The molecule has 3 aromatic rings. The molecule has 0 saturated carbocycles. The van der Waals surface area contributed by atoms with Gasteiger partial charge >= 0.3 is 0 Å². The largest absolute Gasteiger partial charge is 0.496 e. The van der Waals surface area contributed by atoms with Crippen molar-refractivity contribution in [2.24, 2.45) is 5.92 Å². The fraction of sp³-hybridized carbons (Fsp3) is 0.367. The number of anilines is 1. The number of rotatable bonds is 7. The van der Waals surface area contributed by atoms with Gasteiger partial charge in [-0.3, -0.25) is 4.79 Å². The van der Waals surface area contributed by atoms with Gasteiger partial charge in [0.2, 0.25) is 0 Å². The van der Waals surface area contributed by atoms with E-state index >= 15 is 0 Å². The summed E-state index contributed by atoms with van der Waals surface area (Å²) in [4.78, 5) is 15.3. The van der Waals surface area contributed by atoms with Gasteiger partial charge in [-0.05, 0) is 65.8 Å². The van der Waals surface area contributed by atoms with Crippen LogP contribution in [0, 0.1) is 5.92 Å². The molecule has 3 aromatic carbocycles. The molecule has 4 heteroatoms. The lowest BCUT2D eigenvalue weighted by molar-refractivity contribution is 0.0755. The highest BCUT2D eigenvalue weighted by Gasteiger charge is 2.40. The lowest BCUT2D eigenvalue weighted by Gasteiger charge is -2.38. The highest BCUT2D eigenvalue weighted by molar-refractivity contribution is 5.95. The van der Waals surface area contributed by atoms with Gasteiger partial charge in [-0.2, -0.15) is 0 Å². The van der Waals surface area contributed by atoms with E-state index in [0.29, 0.717) is 5.92 Å². The van der Waals surface area contributed by atoms with Crippen LogP contribution in [-0.4, -0.2) is 31.0 Å². The van der Waals surface area contributed by atoms with Gasteiger partial charge in [0.25, 0.3) is 5.91 Å². The number of hydrogen-bond acceptors (Lipinski definition) is 3. The fourth-order valence-electron chi connectivity index (χ4n) is 5.82. The number of carbonyl (C=O) groups excluding carboxylic acids is 1. The zero-order chi connectivity index (χ0) is 23.7. The smallest absolute Gasteiger partial charge is 0.253 e. The second-order valence-electron chi connectivity index (χ2n) is 9.47. The maximum absolute atomic E-state index is 13.3. The molecule has 3 unspecified atom stereocenters. The first-order valence-corrected chi connectivity index (χ1v) is 12.6. The summed E-state index contributed by atoms with van der Waals surface area (Å²) in [7, 11) is 1.75. The van der Waals surface area contributed by atoms with Crippen molar-refractivity contribution in [1.29, 1.82) is 0 Å². The van der Waals surface area contributed by atoms with E-state index in [1.165, 1.54) is 21.9 Å². The number of fused-ring (bicyclic) bond motifs is 4. The van der Waals surface area contributed by atoms with Crippen molar-refractivity contribution in [1.82, 2.24) is 4.90 Å². The molecule has 1 heterocycles. The van der Waals surface area contributed by atoms with Crippen LogP contribution in [0.15, 0.2) is 66.7 Å². The zero-order valence-electron chi connectivity index (χ0n) is 20.4. The van der Waals surface area contributed by atoms with Gasteiger partial charge in [0.15, 0.2) is 0 Å². The van der Waals surface area contributed by atoms with Gasteiger partial charge in [0, 0.05) is 35.8 Å². The SMILES string of the molecule is CCCN(CCC)C(=O)c1ccc2c(c1)C1C=CCC1C(c1c(OC)ccc3ccccc13)N2. The molecule has 3 atom stereocenters. The summed E-state index contributed by atoms with van der Waals surface area (Å²) in [5.41, 5.74) is 4.36. The molecule has 0 bridgehead atoms. The molecular weight excluding hydrogens is 420 g/mol. The molecule has 34 heavy (non-hydrogen) atoms. The standard InChI is InChI=1S/C30H34N2O2/c1-4-17-32(18-5-2)30(33)21-13-15-26-25(19-21)23-11-8-12-24(23)29(31-26)28-22-10-7-6-9-20(22)14-16-27(28)34-3/h6-11,13-16,19,23-24,29,31H,4-5,12,17-18H2,1-3H3. The molecule has 2 aliphatic rings. The van der Waals surface area contributed by atoms with Gasteiger partial charge in [-0.15, -0.1) is 0 Å². The molecule has 1 N–H and O–H groups in total. The average molecular weight is 455 g/mol. The Labute approximate surface area is 202 Å². The minimum Gasteiger partial charge on any atom is -0.496 e. The molecule has 0 spiro atoms. The van der Waals surface area contributed by atoms with E-state index in [2.05, 4.69) is 79.8 Å². The van der Waals surface area contributed by atoms with Crippen molar-refractivity contribution >= 4 is 22.4 Å². The number of allylic oxidation sites excluding steroid dienone is 2. The summed E-state index contributed by atoms with van der Waals surface area (Å²) < 4.78 is 5.86. The van der Waals surface area contributed by atoms with E-state index in [0.717, 1.165) is 49.4 Å². The summed E-state index contributed by atoms with van der Waals surface area (Å²) in [6.07, 6.45) is 7.58. The summed E-state index contributed by atoms with van der Waals surface area (Å²) in [6.45, 7) is 5.86. The lowest BCUT2D eigenvalue weighted by Crippen LogP contribution is -2.33. The van der Waals surface area contributed by atoms with Crippen LogP contribution in [0.5, 0.6) is 5.75 Å². The van der Waals surface area contributed by atoms with E-state index in [4.69, 9.17) is 4.74 Å². The lowest BCUT2D eigenvalue weighted by atomic mass is 9.75. The molecule has 0 fully saturated rings. The van der Waals surface area contributed by atoms with Gasteiger partial charge in [0.1, 0.15) is 5.75 Å². The molecule has 1 aliphatic carbocycles. The van der Waals surface area contributed by atoms with Crippen LogP contribution in [0.2, 0.25) is 0 Å². The number of methoxy groups -OCH3 is 1. The molecule has 4 nitrogen and oxygen atoms in total. The van der Waals surface area contributed by atoms with Gasteiger partial charge in [-0.25, -0.2) is 0 Å². The van der Waals surface area contributed by atoms with Crippen LogP contribution in [-0.2, 0) is 0 Å². The van der Waals surface area contributed by atoms with E-state index in [1.807, 2.05) is 11.0 Å². The highest BCUT2D eigenvalue weighted by Crippen LogP contribution is 2.52. The summed E-state index contributed by atoms with van der Waals surface area (Å²) in [5.74, 6) is 1.72. The van der Waals surface area contributed by atoms with Crippen LogP contribution >= 0.6 is 0 Å². The van der Waals surface area contributed by atoms with Crippen molar-refractivity contribution in [3.63, 3.8) is 0 Å². The van der Waals surface area contributed by atoms with Crippen LogP contribution < -0.4 is 10.1 Å². The maximum atomic E-state index is 13.3. The first-order valence-electron chi connectivity index (χ1n) is 12.6. The molecular formula is C30H34N2O2. The van der Waals surface area contributed by atoms with Crippen molar-refractivity contribution in [2.45, 2.75) is 45.1 Å². The molecule has 1 amide bonds. The third kappa shape index (κ3) is 3.85. The monoisotopic (exact) mass is 454 g/mol. The Morgan fingerprint density at radius 1 is 1.06 bits per heavy atom. The Morgan fingerprint density at radius 3 is 2.62 bits per heavy atom. The first-order chi connectivity index (χ1) is 16.7. The third-order valence-corrected chi connectivity index (χ3v) is 7.35. The highest BCUT2D eigenvalue weighted by atomic mass is 16.5. The Kier molecular flexibility index (Phi) is 6.32. The number of nitrogens with one attached hydrogen (secondary N) is 1. The van der Waals surface area contributed by atoms with E-state index in [-0.39, 0.29) is 17.9 Å². The Hall–Kier alpha value is -3.27. The van der Waals surface area contributed by atoms with Crippen molar-refractivity contribution < 1.29 is 9.53 Å². The van der Waals surface area contributed by atoms with Crippen LogP contribution in [0.25, 0.3) is 10.8 Å². The van der Waals surface area contributed by atoms with Crippen LogP contribution in [0.1, 0.15) is 66.6 Å². The Morgan fingerprint density at radius 2 is 1.85 bits per heavy atom. The van der Waals surface area contributed by atoms with E-state index < -0.39 is 0 Å². The maximum Gasteiger partial charge on any atom is 0.253 e. The number of ether oxygens (including phenoxy) is 1. The number of carbonyl (C=O) groups is 1. The van der Waals surface area contributed by atoms with Crippen LogP contribution in [0.4, 0.5) is 5.69 Å². The van der Waals surface area contributed by atoms with E-state index in [9.17, 15) is 4.79 Å². The third-order valence-electron chi connectivity index (χ3n) is 7.35. The minimum absolute atomic E-state index is 0.131. The fourth-order valence-corrected chi connectivity index (χ4v) is 5.82. The van der Waals surface area contributed by atoms with Crippen molar-refractivity contribution in [2.75, 3.05) is 25.5 Å². The van der Waals surface area contributed by atoms with Crippen LogP contribution in [0.3, 0.4) is 0 Å². The Balaban J connectivity index is 1.56. The molecule has 0 aromatic heterocycles. The second kappa shape index (κ2) is 9.54. The predicted molar refractivity (Wildman–Crippen MR) is 140 cm³/mol. The summed E-state index contributed by atoms with van der Waals surface area (Å²) >= 11 is 0. The molecule has 176 valence electrons. The predicted octanol–water partition coefficient (Wildman–Crippen LogP) is 6.94. The Bertz CT molecular complexity index is 1230. The second-order valence-corrected chi connectivity index (χ2v) is 9.47. The normalized spacial score (nSPS) is 20.5. The molecule has 0 saturated heterocycles. The topological polar surface area (TPSA) is 41.6 Å². The van der Waals surface area contributed by atoms with Gasteiger partial charge < -0.3 is 15.0 Å². The quantitative estimate of drug-likeness (QED) is 0.393. The zero-order valence-corrected chi connectivity index (χ0v) is 20.4. The van der Waals surface area contributed by atoms with Crippen molar-refractivity contribution in [3.8, 4) is 5.75 Å². The summed E-state index contributed by atoms with van der Waals surface area (Å²) in [6, 6.07) is 19.1. The first kappa shape index (κ1) is 22.5. The van der Waals surface area contributed by atoms with E-state index in [1.54, 1.807) is 7.11 Å². The summed E-state index contributed by atoms with van der Waals surface area (Å²) in [5, 5.41) is 6.31. The number of nitrogens with zero attached hydrogens (tertiary/aromatic N) is 1. The molecule has 5 rings (SSSR count). The number of benzene rings is 3. The van der Waals surface area contributed by atoms with Gasteiger partial charge in [-0.1, -0.05) is 56.3 Å². The minimum atomic E-state index is 0.131.